The van der Waals surface area contributed by atoms with Gasteiger partial charge in [-0.3, -0.25) is 4.79 Å². The molecular weight excluding hydrogens is 248 g/mol. The molecule has 6 heteroatoms. The summed E-state index contributed by atoms with van der Waals surface area (Å²) in [6.07, 6.45) is 5.46. The van der Waals surface area contributed by atoms with Crippen molar-refractivity contribution in [2.45, 2.75) is 62.8 Å². The van der Waals surface area contributed by atoms with E-state index in [2.05, 4.69) is 10.6 Å². The molecule has 0 aromatic rings. The summed E-state index contributed by atoms with van der Waals surface area (Å²) in [4.78, 5) is 22.7. The van der Waals surface area contributed by atoms with Gasteiger partial charge >= 0.3 is 12.0 Å². The first-order valence-corrected chi connectivity index (χ1v) is 7.07. The molecule has 1 saturated carbocycles. The van der Waals surface area contributed by atoms with Gasteiger partial charge in [-0.2, -0.15) is 0 Å². The molecule has 5 atom stereocenters. The van der Waals surface area contributed by atoms with E-state index in [1.807, 2.05) is 0 Å². The van der Waals surface area contributed by atoms with Crippen molar-refractivity contribution in [3.8, 4) is 0 Å². The molecule has 6 nitrogen and oxygen atoms in total. The lowest BCUT2D eigenvalue weighted by molar-refractivity contribution is -0.141. The van der Waals surface area contributed by atoms with Gasteiger partial charge in [0.2, 0.25) is 0 Å². The fraction of sp³-hybridized carbons (Fsp3) is 0.846. The number of rotatable bonds is 3. The maximum atomic E-state index is 11.9. The van der Waals surface area contributed by atoms with Crippen molar-refractivity contribution in [3.63, 3.8) is 0 Å². The topological polar surface area (TPSA) is 87.7 Å². The Balaban J connectivity index is 1.43. The van der Waals surface area contributed by atoms with Gasteiger partial charge in [-0.1, -0.05) is 0 Å². The number of hydrogen-bond donors (Lipinski definition) is 3. The Labute approximate surface area is 111 Å². The summed E-state index contributed by atoms with van der Waals surface area (Å²) in [5.41, 5.74) is 0. The SMILES string of the molecule is O=C(NC1CC2CCC1O2)N[C@H]1CC[C@@H](C(=O)O)C1. The van der Waals surface area contributed by atoms with Gasteiger partial charge in [0.05, 0.1) is 24.2 Å². The number of nitrogens with one attached hydrogen (secondary N) is 2. The number of aliphatic carboxylic acids is 1. The van der Waals surface area contributed by atoms with Crippen LogP contribution in [0, 0.1) is 5.92 Å². The Hall–Kier alpha value is -1.30. The summed E-state index contributed by atoms with van der Waals surface area (Å²) < 4.78 is 5.68. The lowest BCUT2D eigenvalue weighted by Gasteiger charge is -2.21. The highest BCUT2D eigenvalue weighted by atomic mass is 16.5. The van der Waals surface area contributed by atoms with Crippen molar-refractivity contribution in [2.24, 2.45) is 5.92 Å². The van der Waals surface area contributed by atoms with Crippen LogP contribution in [0.2, 0.25) is 0 Å². The summed E-state index contributed by atoms with van der Waals surface area (Å²) in [6.45, 7) is 0. The van der Waals surface area contributed by atoms with Gasteiger partial charge in [-0.05, 0) is 38.5 Å². The zero-order valence-corrected chi connectivity index (χ0v) is 10.8. The molecule has 2 heterocycles. The molecule has 3 fully saturated rings. The van der Waals surface area contributed by atoms with Gasteiger partial charge in [0, 0.05) is 6.04 Å². The second-order valence-electron chi connectivity index (χ2n) is 5.88. The van der Waals surface area contributed by atoms with Crippen molar-refractivity contribution in [1.29, 1.82) is 0 Å². The zero-order chi connectivity index (χ0) is 13.4. The van der Waals surface area contributed by atoms with E-state index in [4.69, 9.17) is 9.84 Å². The van der Waals surface area contributed by atoms with Crippen LogP contribution in [0.4, 0.5) is 4.79 Å². The maximum absolute atomic E-state index is 11.9. The first kappa shape index (κ1) is 12.7. The van der Waals surface area contributed by atoms with Gasteiger partial charge in [-0.15, -0.1) is 0 Å². The number of fused-ring (bicyclic) bond motifs is 2. The van der Waals surface area contributed by atoms with Crippen LogP contribution in [0.1, 0.15) is 38.5 Å². The summed E-state index contributed by atoms with van der Waals surface area (Å²) in [6, 6.07) is -0.0757. The minimum absolute atomic E-state index is 0.0133. The number of amides is 2. The van der Waals surface area contributed by atoms with Crippen molar-refractivity contribution in [3.05, 3.63) is 0 Å². The van der Waals surface area contributed by atoms with Gasteiger partial charge in [0.1, 0.15) is 0 Å². The molecule has 106 valence electrons. The third kappa shape index (κ3) is 2.68. The van der Waals surface area contributed by atoms with Gasteiger partial charge in [0.25, 0.3) is 0 Å². The fourth-order valence-corrected chi connectivity index (χ4v) is 3.52. The fourth-order valence-electron chi connectivity index (χ4n) is 3.52. The number of hydrogen-bond acceptors (Lipinski definition) is 3. The van der Waals surface area contributed by atoms with Crippen LogP contribution in [0.15, 0.2) is 0 Å². The summed E-state index contributed by atoms with van der Waals surface area (Å²) in [5, 5.41) is 14.8. The van der Waals surface area contributed by atoms with E-state index in [-0.39, 0.29) is 30.1 Å². The first-order valence-electron chi connectivity index (χ1n) is 7.07. The van der Waals surface area contributed by atoms with E-state index in [1.54, 1.807) is 0 Å². The largest absolute Gasteiger partial charge is 0.481 e. The van der Waals surface area contributed by atoms with Crippen LogP contribution in [-0.2, 0) is 9.53 Å². The van der Waals surface area contributed by atoms with Crippen molar-refractivity contribution in [2.75, 3.05) is 0 Å². The zero-order valence-electron chi connectivity index (χ0n) is 10.8. The molecule has 19 heavy (non-hydrogen) atoms. The van der Waals surface area contributed by atoms with E-state index in [0.29, 0.717) is 18.9 Å². The molecule has 1 aliphatic carbocycles. The molecule has 3 unspecified atom stereocenters. The molecule has 3 N–H and O–H groups in total. The standard InChI is InChI=1S/C13H20N2O4/c16-12(17)7-1-2-8(5-7)14-13(18)15-10-6-9-3-4-11(10)19-9/h7-11H,1-6H2,(H,16,17)(H2,14,15,18)/t7-,8+,9?,10?,11?/m1/s1. The number of carbonyl (C=O) groups is 2. The predicted octanol–water partition coefficient (Wildman–Crippen LogP) is 0.859. The van der Waals surface area contributed by atoms with Gasteiger partial charge in [0.15, 0.2) is 0 Å². The molecule has 3 rings (SSSR count). The van der Waals surface area contributed by atoms with E-state index in [0.717, 1.165) is 25.7 Å². The minimum Gasteiger partial charge on any atom is -0.481 e. The average molecular weight is 268 g/mol. The van der Waals surface area contributed by atoms with E-state index in [9.17, 15) is 9.59 Å². The molecule has 0 aromatic heterocycles. The molecule has 0 radical (unpaired) electrons. The Kier molecular flexibility index (Phi) is 3.35. The Morgan fingerprint density at radius 3 is 2.47 bits per heavy atom. The third-order valence-electron chi connectivity index (χ3n) is 4.54. The number of carbonyl (C=O) groups excluding carboxylic acids is 1. The molecule has 2 saturated heterocycles. The summed E-state index contributed by atoms with van der Waals surface area (Å²) in [7, 11) is 0. The highest BCUT2D eigenvalue weighted by Gasteiger charge is 2.41. The van der Waals surface area contributed by atoms with E-state index < -0.39 is 5.97 Å². The molecule has 2 aliphatic heterocycles. The highest BCUT2D eigenvalue weighted by Crippen LogP contribution is 2.34. The number of carboxylic acids is 1. The van der Waals surface area contributed by atoms with Gasteiger partial charge in [-0.25, -0.2) is 4.79 Å². The smallest absolute Gasteiger partial charge is 0.315 e. The lowest BCUT2D eigenvalue weighted by atomic mass is 9.96. The monoisotopic (exact) mass is 268 g/mol. The van der Waals surface area contributed by atoms with Crippen molar-refractivity contribution >= 4 is 12.0 Å². The van der Waals surface area contributed by atoms with Crippen LogP contribution in [0.25, 0.3) is 0 Å². The molecule has 0 aromatic carbocycles. The molecule has 3 aliphatic rings. The van der Waals surface area contributed by atoms with Crippen LogP contribution >= 0.6 is 0 Å². The lowest BCUT2D eigenvalue weighted by Crippen LogP contribution is -2.48. The van der Waals surface area contributed by atoms with Gasteiger partial charge < -0.3 is 20.5 Å². The summed E-state index contributed by atoms with van der Waals surface area (Å²) in [5.74, 6) is -1.07. The quantitative estimate of drug-likeness (QED) is 0.708. The van der Waals surface area contributed by atoms with Crippen LogP contribution < -0.4 is 10.6 Å². The van der Waals surface area contributed by atoms with Crippen molar-refractivity contribution in [1.82, 2.24) is 10.6 Å². The third-order valence-corrected chi connectivity index (χ3v) is 4.54. The second-order valence-corrected chi connectivity index (χ2v) is 5.88. The second kappa shape index (κ2) is 5.00. The predicted molar refractivity (Wildman–Crippen MR) is 66.7 cm³/mol. The minimum atomic E-state index is -0.758. The Morgan fingerprint density at radius 1 is 1.05 bits per heavy atom. The molecular formula is C13H20N2O4. The number of ether oxygens (including phenoxy) is 1. The number of carboxylic acid groups (broad SMARTS) is 1. The van der Waals surface area contributed by atoms with Crippen LogP contribution in [0.5, 0.6) is 0 Å². The first-order chi connectivity index (χ1) is 9.11. The van der Waals surface area contributed by atoms with E-state index in [1.165, 1.54) is 0 Å². The Bertz CT molecular complexity index is 387. The summed E-state index contributed by atoms with van der Waals surface area (Å²) >= 11 is 0. The average Bonchev–Trinajstić information content (AvgIpc) is 3.03. The van der Waals surface area contributed by atoms with Crippen LogP contribution in [0.3, 0.4) is 0 Å². The highest BCUT2D eigenvalue weighted by molar-refractivity contribution is 5.75. The van der Waals surface area contributed by atoms with E-state index >= 15 is 0 Å². The molecule has 0 spiro atoms. The molecule has 2 amide bonds. The van der Waals surface area contributed by atoms with Crippen LogP contribution in [-0.4, -0.2) is 41.4 Å². The normalized spacial score (nSPS) is 40.3. The number of urea groups is 1. The van der Waals surface area contributed by atoms with Crippen molar-refractivity contribution < 1.29 is 19.4 Å². The molecule has 2 bridgehead atoms. The maximum Gasteiger partial charge on any atom is 0.315 e. The Morgan fingerprint density at radius 2 is 1.89 bits per heavy atom.